The second-order valence-corrected chi connectivity index (χ2v) is 5.31. The fourth-order valence-electron chi connectivity index (χ4n) is 1.99. The van der Waals surface area contributed by atoms with Crippen LogP contribution < -0.4 is 0 Å². The second kappa shape index (κ2) is 5.12. The largest absolute Gasteiger partial charge is 0.121 e. The molecule has 0 aliphatic carbocycles. The van der Waals surface area contributed by atoms with Crippen molar-refractivity contribution in [3.63, 3.8) is 0 Å². The Morgan fingerprint density at radius 1 is 0.824 bits per heavy atom. The molecule has 0 aliphatic rings. The Kier molecular flexibility index (Phi) is 3.76. The van der Waals surface area contributed by atoms with Crippen molar-refractivity contribution in [1.82, 2.24) is 0 Å². The van der Waals surface area contributed by atoms with E-state index in [1.807, 2.05) is 67.6 Å². The first kappa shape index (κ1) is 12.5. The Labute approximate surface area is 112 Å². The van der Waals surface area contributed by atoms with E-state index < -0.39 is 4.87 Å². The molecule has 2 rings (SSSR count). The van der Waals surface area contributed by atoms with Crippen molar-refractivity contribution in [3.8, 4) is 0 Å². The third kappa shape index (κ3) is 2.34. The number of halogens is 2. The minimum Gasteiger partial charge on any atom is -0.121 e. The van der Waals surface area contributed by atoms with Crippen LogP contribution in [-0.4, -0.2) is 5.38 Å². The Balaban J connectivity index is 2.55. The lowest BCUT2D eigenvalue weighted by atomic mass is 9.88. The molecule has 0 heterocycles. The second-order valence-electron chi connectivity index (χ2n) is 4.06. The topological polar surface area (TPSA) is 0 Å². The highest BCUT2D eigenvalue weighted by molar-refractivity contribution is 6.33. The zero-order valence-corrected chi connectivity index (χ0v) is 11.1. The molecule has 2 aromatic rings. The van der Waals surface area contributed by atoms with Crippen molar-refractivity contribution in [3.05, 3.63) is 71.8 Å². The van der Waals surface area contributed by atoms with Crippen LogP contribution in [0.25, 0.3) is 0 Å². The lowest BCUT2D eigenvalue weighted by Gasteiger charge is -2.31. The molecule has 0 N–H and O–H groups in total. The minimum absolute atomic E-state index is 0.200. The van der Waals surface area contributed by atoms with Gasteiger partial charge in [0.25, 0.3) is 0 Å². The van der Waals surface area contributed by atoms with E-state index >= 15 is 0 Å². The average Bonchev–Trinajstić information content (AvgIpc) is 2.39. The fraction of sp³-hybridized carbons (Fsp3) is 0.200. The van der Waals surface area contributed by atoms with Crippen molar-refractivity contribution in [2.45, 2.75) is 17.2 Å². The van der Waals surface area contributed by atoms with Gasteiger partial charge in [0, 0.05) is 0 Å². The Morgan fingerprint density at radius 3 is 1.47 bits per heavy atom. The first-order chi connectivity index (χ1) is 8.15. The van der Waals surface area contributed by atoms with E-state index in [1.54, 1.807) is 0 Å². The van der Waals surface area contributed by atoms with Crippen LogP contribution >= 0.6 is 23.2 Å². The van der Waals surface area contributed by atoms with Gasteiger partial charge in [-0.2, -0.15) is 0 Å². The molecule has 0 saturated carbocycles. The van der Waals surface area contributed by atoms with Crippen molar-refractivity contribution < 1.29 is 0 Å². The summed E-state index contributed by atoms with van der Waals surface area (Å²) in [5.41, 5.74) is 2.05. The molecule has 0 aliphatic heterocycles. The van der Waals surface area contributed by atoms with Crippen LogP contribution in [0.4, 0.5) is 0 Å². The average molecular weight is 265 g/mol. The van der Waals surface area contributed by atoms with Gasteiger partial charge in [-0.05, 0) is 18.1 Å². The van der Waals surface area contributed by atoms with Gasteiger partial charge in [0.15, 0.2) is 0 Å². The standard InChI is InChI=1S/C15H14Cl2/c1-12(16)15(17,13-8-4-2-5-9-13)14-10-6-3-7-11-14/h2-12H,1H3. The molecule has 0 fully saturated rings. The zero-order valence-electron chi connectivity index (χ0n) is 9.61. The van der Waals surface area contributed by atoms with Crippen LogP contribution in [0, 0.1) is 0 Å². The zero-order chi connectivity index (χ0) is 12.3. The summed E-state index contributed by atoms with van der Waals surface area (Å²) < 4.78 is 0. The molecule has 1 unspecified atom stereocenters. The maximum Gasteiger partial charge on any atom is 0.110 e. The third-order valence-electron chi connectivity index (χ3n) is 2.94. The van der Waals surface area contributed by atoms with Gasteiger partial charge >= 0.3 is 0 Å². The maximum absolute atomic E-state index is 6.79. The van der Waals surface area contributed by atoms with Crippen LogP contribution in [0.1, 0.15) is 18.1 Å². The number of rotatable bonds is 3. The molecule has 88 valence electrons. The highest BCUT2D eigenvalue weighted by Crippen LogP contribution is 2.41. The van der Waals surface area contributed by atoms with Gasteiger partial charge in [0.1, 0.15) is 4.87 Å². The molecule has 0 nitrogen and oxygen atoms in total. The summed E-state index contributed by atoms with van der Waals surface area (Å²) in [7, 11) is 0. The molecular formula is C15H14Cl2. The molecule has 2 aromatic carbocycles. The molecule has 0 amide bonds. The third-order valence-corrected chi connectivity index (χ3v) is 4.14. The smallest absolute Gasteiger partial charge is 0.110 e. The highest BCUT2D eigenvalue weighted by atomic mass is 35.5. The van der Waals surface area contributed by atoms with Crippen molar-refractivity contribution in [1.29, 1.82) is 0 Å². The van der Waals surface area contributed by atoms with Gasteiger partial charge in [-0.25, -0.2) is 0 Å². The summed E-state index contributed by atoms with van der Waals surface area (Å²) in [5.74, 6) is 0. The lowest BCUT2D eigenvalue weighted by Crippen LogP contribution is -2.29. The predicted molar refractivity (Wildman–Crippen MR) is 74.8 cm³/mol. The van der Waals surface area contributed by atoms with E-state index in [2.05, 4.69) is 0 Å². The van der Waals surface area contributed by atoms with Crippen molar-refractivity contribution in [2.24, 2.45) is 0 Å². The quantitative estimate of drug-likeness (QED) is 0.699. The lowest BCUT2D eigenvalue weighted by molar-refractivity contribution is 0.705. The molecule has 0 radical (unpaired) electrons. The Hall–Kier alpha value is -0.980. The van der Waals surface area contributed by atoms with E-state index in [-0.39, 0.29) is 5.38 Å². The van der Waals surface area contributed by atoms with E-state index in [0.29, 0.717) is 0 Å². The monoisotopic (exact) mass is 264 g/mol. The highest BCUT2D eigenvalue weighted by Gasteiger charge is 2.36. The molecule has 0 bridgehead atoms. The molecule has 0 saturated heterocycles. The summed E-state index contributed by atoms with van der Waals surface area (Å²) in [6.07, 6.45) is 0. The first-order valence-electron chi connectivity index (χ1n) is 5.59. The van der Waals surface area contributed by atoms with Crippen LogP contribution in [0.3, 0.4) is 0 Å². The molecule has 1 atom stereocenters. The van der Waals surface area contributed by atoms with Gasteiger partial charge < -0.3 is 0 Å². The van der Waals surface area contributed by atoms with Crippen LogP contribution in [0.5, 0.6) is 0 Å². The van der Waals surface area contributed by atoms with Crippen molar-refractivity contribution in [2.75, 3.05) is 0 Å². The molecule has 0 aromatic heterocycles. The Morgan fingerprint density at radius 2 is 1.18 bits per heavy atom. The van der Waals surface area contributed by atoms with Gasteiger partial charge in [-0.15, -0.1) is 23.2 Å². The van der Waals surface area contributed by atoms with E-state index in [0.717, 1.165) is 11.1 Å². The van der Waals surface area contributed by atoms with E-state index in [1.165, 1.54) is 0 Å². The number of alkyl halides is 2. The summed E-state index contributed by atoms with van der Waals surface area (Å²) >= 11 is 13.1. The maximum atomic E-state index is 6.79. The van der Waals surface area contributed by atoms with Gasteiger partial charge in [0.05, 0.1) is 5.38 Å². The SMILES string of the molecule is CC(Cl)C(Cl)(c1ccccc1)c1ccccc1. The molecule has 0 spiro atoms. The van der Waals surface area contributed by atoms with Crippen LogP contribution in [0.15, 0.2) is 60.7 Å². The van der Waals surface area contributed by atoms with Crippen molar-refractivity contribution >= 4 is 23.2 Å². The number of benzene rings is 2. The fourth-order valence-corrected chi connectivity index (χ4v) is 2.49. The van der Waals surface area contributed by atoms with Gasteiger partial charge in [-0.3, -0.25) is 0 Å². The molecule has 17 heavy (non-hydrogen) atoms. The van der Waals surface area contributed by atoms with Gasteiger partial charge in [0.2, 0.25) is 0 Å². The summed E-state index contributed by atoms with van der Waals surface area (Å²) in [6, 6.07) is 19.9. The number of hydrogen-bond donors (Lipinski definition) is 0. The van der Waals surface area contributed by atoms with Crippen LogP contribution in [0.2, 0.25) is 0 Å². The first-order valence-corrected chi connectivity index (χ1v) is 6.41. The van der Waals surface area contributed by atoms with Gasteiger partial charge in [-0.1, -0.05) is 60.7 Å². The minimum atomic E-state index is -0.677. The number of hydrogen-bond acceptors (Lipinski definition) is 0. The van der Waals surface area contributed by atoms with E-state index in [9.17, 15) is 0 Å². The molecule has 2 heteroatoms. The molecular weight excluding hydrogens is 251 g/mol. The normalized spacial score (nSPS) is 13.4. The Bertz CT molecular complexity index is 423. The summed E-state index contributed by atoms with van der Waals surface area (Å²) in [5, 5.41) is -0.200. The summed E-state index contributed by atoms with van der Waals surface area (Å²) in [4.78, 5) is -0.677. The van der Waals surface area contributed by atoms with Crippen LogP contribution in [-0.2, 0) is 4.87 Å². The predicted octanol–water partition coefficient (Wildman–Crippen LogP) is 4.80. The summed E-state index contributed by atoms with van der Waals surface area (Å²) in [6.45, 7) is 1.93. The van der Waals surface area contributed by atoms with E-state index in [4.69, 9.17) is 23.2 Å².